The molecule has 0 radical (unpaired) electrons. The summed E-state index contributed by atoms with van der Waals surface area (Å²) in [4.78, 5) is 23.1. The van der Waals surface area contributed by atoms with Crippen molar-refractivity contribution in [2.45, 2.75) is 38.6 Å². The Kier molecular flexibility index (Phi) is 7.65. The summed E-state index contributed by atoms with van der Waals surface area (Å²) >= 11 is 0. The number of nitrogens with one attached hydrogen (secondary N) is 1. The van der Waals surface area contributed by atoms with Gasteiger partial charge in [0.1, 0.15) is 12.1 Å². The maximum Gasteiger partial charge on any atom is 0.230 e. The van der Waals surface area contributed by atoms with E-state index in [4.69, 9.17) is 5.26 Å². The summed E-state index contributed by atoms with van der Waals surface area (Å²) in [5.41, 5.74) is 0.728. The fraction of sp³-hybridized carbons (Fsp3) is 0.438. The van der Waals surface area contributed by atoms with Crippen molar-refractivity contribution in [1.29, 1.82) is 5.26 Å². The molecule has 1 aromatic carbocycles. The van der Waals surface area contributed by atoms with E-state index in [-0.39, 0.29) is 6.42 Å². The summed E-state index contributed by atoms with van der Waals surface area (Å²) in [6.07, 6.45) is 2.79. The fourth-order valence-corrected chi connectivity index (χ4v) is 2.07. The van der Waals surface area contributed by atoms with Crippen molar-refractivity contribution in [3.8, 4) is 6.07 Å². The third kappa shape index (κ3) is 5.94. The monoisotopic (exact) mass is 303 g/mol. The van der Waals surface area contributed by atoms with Gasteiger partial charge in [0.05, 0.1) is 30.2 Å². The zero-order valence-electron chi connectivity index (χ0n) is 12.7. The van der Waals surface area contributed by atoms with Crippen LogP contribution in [0.4, 0.5) is 5.69 Å². The molecule has 1 amide bonds. The molecule has 0 saturated carbocycles. The van der Waals surface area contributed by atoms with Gasteiger partial charge in [0, 0.05) is 0 Å². The minimum absolute atomic E-state index is 0.186. The number of amides is 1. The highest BCUT2D eigenvalue weighted by atomic mass is 16.4. The summed E-state index contributed by atoms with van der Waals surface area (Å²) < 4.78 is 0. The third-order valence-electron chi connectivity index (χ3n) is 3.29. The maximum atomic E-state index is 12.0. The molecule has 1 aromatic rings. The lowest BCUT2D eigenvalue weighted by Crippen LogP contribution is -2.93. The van der Waals surface area contributed by atoms with Crippen LogP contribution in [0, 0.1) is 11.3 Å². The molecule has 6 heteroatoms. The van der Waals surface area contributed by atoms with E-state index in [1.54, 1.807) is 29.6 Å². The molecule has 1 rings (SSSR count). The maximum absolute atomic E-state index is 12.0. The molecule has 22 heavy (non-hydrogen) atoms. The zero-order valence-corrected chi connectivity index (χ0v) is 12.7. The lowest BCUT2D eigenvalue weighted by molar-refractivity contribution is -0.682. The van der Waals surface area contributed by atoms with Crippen LogP contribution in [0.2, 0.25) is 0 Å². The Morgan fingerprint density at radius 2 is 2.09 bits per heavy atom. The lowest BCUT2D eigenvalue weighted by atomic mass is 10.1. The molecule has 0 unspecified atom stereocenters. The molecular formula is C16H21N3O3. The van der Waals surface area contributed by atoms with E-state index >= 15 is 0 Å². The molecule has 0 spiro atoms. The van der Waals surface area contributed by atoms with Gasteiger partial charge in [-0.05, 0) is 25.0 Å². The summed E-state index contributed by atoms with van der Waals surface area (Å²) in [5.74, 6) is -1.69. The molecule has 0 saturated heterocycles. The van der Waals surface area contributed by atoms with E-state index < -0.39 is 17.9 Å². The van der Waals surface area contributed by atoms with Gasteiger partial charge < -0.3 is 20.5 Å². The molecule has 0 bridgehead atoms. The average Bonchev–Trinajstić information content (AvgIpc) is 2.50. The Morgan fingerprint density at radius 3 is 2.73 bits per heavy atom. The van der Waals surface area contributed by atoms with Gasteiger partial charge in [-0.3, -0.25) is 4.79 Å². The SMILES string of the molecule is CCCCC[NH2+][C@@H](CC(=O)Nc1ccccc1C#N)C(=O)[O-]. The molecule has 1 atom stereocenters. The van der Waals surface area contributed by atoms with Crippen LogP contribution in [0.1, 0.15) is 38.2 Å². The van der Waals surface area contributed by atoms with E-state index in [2.05, 4.69) is 12.2 Å². The smallest absolute Gasteiger partial charge is 0.230 e. The van der Waals surface area contributed by atoms with Crippen molar-refractivity contribution in [2.75, 3.05) is 11.9 Å². The number of para-hydroxylation sites is 1. The summed E-state index contributed by atoms with van der Waals surface area (Å²) in [6.45, 7) is 2.71. The van der Waals surface area contributed by atoms with Crippen molar-refractivity contribution >= 4 is 17.6 Å². The number of nitriles is 1. The summed E-state index contributed by atoms with van der Waals surface area (Å²) in [5, 5.41) is 24.3. The number of nitrogens with two attached hydrogens (primary N) is 1. The third-order valence-corrected chi connectivity index (χ3v) is 3.29. The Morgan fingerprint density at radius 1 is 1.36 bits per heavy atom. The molecule has 0 fully saturated rings. The number of aliphatic carboxylic acids is 1. The van der Waals surface area contributed by atoms with Crippen LogP contribution < -0.4 is 15.7 Å². The van der Waals surface area contributed by atoms with Crippen molar-refractivity contribution in [3.63, 3.8) is 0 Å². The molecule has 0 aromatic heterocycles. The van der Waals surface area contributed by atoms with Gasteiger partial charge in [0.15, 0.2) is 0 Å². The van der Waals surface area contributed by atoms with Crippen LogP contribution in [0.25, 0.3) is 0 Å². The van der Waals surface area contributed by atoms with Gasteiger partial charge in [0.2, 0.25) is 5.91 Å². The van der Waals surface area contributed by atoms with Gasteiger partial charge in [-0.1, -0.05) is 25.5 Å². The number of benzene rings is 1. The Balaban J connectivity index is 2.56. The highest BCUT2D eigenvalue weighted by Crippen LogP contribution is 2.13. The molecular weight excluding hydrogens is 282 g/mol. The highest BCUT2D eigenvalue weighted by molar-refractivity contribution is 5.94. The number of carbonyl (C=O) groups is 2. The Hall–Kier alpha value is -2.39. The second-order valence-corrected chi connectivity index (χ2v) is 5.07. The van der Waals surface area contributed by atoms with Crippen LogP contribution in [-0.4, -0.2) is 24.5 Å². The number of carboxylic acid groups (broad SMARTS) is 1. The van der Waals surface area contributed by atoms with Crippen LogP contribution >= 0.6 is 0 Å². The fourth-order valence-electron chi connectivity index (χ4n) is 2.07. The predicted molar refractivity (Wildman–Crippen MR) is 79.5 cm³/mol. The molecule has 0 aliphatic carbocycles. The number of quaternary nitrogens is 1. The van der Waals surface area contributed by atoms with Crippen LogP contribution in [-0.2, 0) is 9.59 Å². The van der Waals surface area contributed by atoms with Crippen LogP contribution in [0.15, 0.2) is 24.3 Å². The average molecular weight is 303 g/mol. The normalized spacial score (nSPS) is 11.5. The largest absolute Gasteiger partial charge is 0.544 e. The van der Waals surface area contributed by atoms with Gasteiger partial charge >= 0.3 is 0 Å². The van der Waals surface area contributed by atoms with Gasteiger partial charge in [-0.2, -0.15) is 5.26 Å². The van der Waals surface area contributed by atoms with E-state index in [0.29, 0.717) is 17.8 Å². The molecule has 3 N–H and O–H groups in total. The Bertz CT molecular complexity index is 552. The van der Waals surface area contributed by atoms with Gasteiger partial charge in [-0.15, -0.1) is 0 Å². The van der Waals surface area contributed by atoms with Crippen molar-refractivity contribution in [3.05, 3.63) is 29.8 Å². The second kappa shape index (κ2) is 9.53. The van der Waals surface area contributed by atoms with Gasteiger partial charge in [-0.25, -0.2) is 0 Å². The first-order valence-corrected chi connectivity index (χ1v) is 7.41. The molecule has 118 valence electrons. The second-order valence-electron chi connectivity index (χ2n) is 5.07. The topological polar surface area (TPSA) is 110 Å². The van der Waals surface area contributed by atoms with Gasteiger partial charge in [0.25, 0.3) is 0 Å². The van der Waals surface area contributed by atoms with Crippen molar-refractivity contribution < 1.29 is 20.0 Å². The first kappa shape index (κ1) is 17.7. The molecule has 6 nitrogen and oxygen atoms in total. The number of hydrogen-bond acceptors (Lipinski definition) is 4. The molecule has 0 heterocycles. The van der Waals surface area contributed by atoms with Crippen molar-refractivity contribution in [1.82, 2.24) is 0 Å². The number of hydrogen-bond donors (Lipinski definition) is 2. The first-order valence-electron chi connectivity index (χ1n) is 7.41. The summed E-state index contributed by atoms with van der Waals surface area (Å²) in [6, 6.07) is 7.65. The standard InChI is InChI=1S/C16H21N3O3/c1-2-3-6-9-18-14(16(21)22)10-15(20)19-13-8-5-4-7-12(13)11-17/h4-5,7-8,14,18H,2-3,6,9-10H2,1H3,(H,19,20)(H,21,22)/t14-/m0/s1. The zero-order chi connectivity index (χ0) is 16.4. The number of rotatable bonds is 9. The minimum atomic E-state index is -1.25. The van der Waals surface area contributed by atoms with Crippen molar-refractivity contribution in [2.24, 2.45) is 0 Å². The van der Waals surface area contributed by atoms with Crippen LogP contribution in [0.3, 0.4) is 0 Å². The number of carbonyl (C=O) groups excluding carboxylic acids is 2. The number of nitrogens with zero attached hydrogens (tertiary/aromatic N) is 1. The van der Waals surface area contributed by atoms with E-state index in [1.165, 1.54) is 0 Å². The number of carboxylic acids is 1. The van der Waals surface area contributed by atoms with Crippen LogP contribution in [0.5, 0.6) is 0 Å². The quantitative estimate of drug-likeness (QED) is 0.613. The predicted octanol–water partition coefficient (Wildman–Crippen LogP) is -0.241. The first-order chi connectivity index (χ1) is 10.6. The summed E-state index contributed by atoms with van der Waals surface area (Å²) in [7, 11) is 0. The molecule has 0 aliphatic rings. The highest BCUT2D eigenvalue weighted by Gasteiger charge is 2.18. The molecule has 0 aliphatic heterocycles. The number of unbranched alkanes of at least 4 members (excludes halogenated alkanes) is 2. The lowest BCUT2D eigenvalue weighted by Gasteiger charge is -2.16. The van der Waals surface area contributed by atoms with E-state index in [1.807, 2.05) is 6.07 Å². The number of anilines is 1. The Labute approximate surface area is 130 Å². The van der Waals surface area contributed by atoms with E-state index in [0.717, 1.165) is 19.3 Å². The van der Waals surface area contributed by atoms with E-state index in [9.17, 15) is 14.7 Å². The minimum Gasteiger partial charge on any atom is -0.544 e.